The van der Waals surface area contributed by atoms with Crippen molar-refractivity contribution in [2.45, 2.75) is 13.0 Å². The smallest absolute Gasteiger partial charge is 0.404 e. The van der Waals surface area contributed by atoms with Crippen LogP contribution in [0.15, 0.2) is 46.5 Å². The zero-order valence-electron chi connectivity index (χ0n) is 17.7. The lowest BCUT2D eigenvalue weighted by Crippen LogP contribution is -2.33. The molecule has 35 heavy (non-hydrogen) atoms. The molecule has 2 aromatic rings. The van der Waals surface area contributed by atoms with Gasteiger partial charge in [-0.25, -0.2) is 14.2 Å². The van der Waals surface area contributed by atoms with Crippen LogP contribution in [0.4, 0.5) is 23.7 Å². The summed E-state index contributed by atoms with van der Waals surface area (Å²) >= 11 is 12.1. The number of hydrogen-bond acceptors (Lipinski definition) is 5. The number of carboxylic acid groups (broad SMARTS) is 1. The van der Waals surface area contributed by atoms with Crippen LogP contribution < -0.4 is 15.4 Å². The zero-order chi connectivity index (χ0) is 25.5. The van der Waals surface area contributed by atoms with E-state index in [9.17, 15) is 18.0 Å². The van der Waals surface area contributed by atoms with Crippen LogP contribution in [0.1, 0.15) is 12.0 Å². The SMILES string of the molecule is N#CN=C(Nc1cccc(OC(F)F)c1F)N1CC(CCNC(=O)O)C(c2ccc(Cl)c(Cl)c2)=N1. The van der Waals surface area contributed by atoms with E-state index in [1.54, 1.807) is 24.4 Å². The first kappa shape index (κ1) is 25.9. The van der Waals surface area contributed by atoms with Gasteiger partial charge >= 0.3 is 12.7 Å². The topological polar surface area (TPSA) is 122 Å². The van der Waals surface area contributed by atoms with Gasteiger partial charge in [0.1, 0.15) is 0 Å². The number of nitrogens with one attached hydrogen (secondary N) is 2. The third-order valence-corrected chi connectivity index (χ3v) is 5.56. The Morgan fingerprint density at radius 3 is 2.77 bits per heavy atom. The van der Waals surface area contributed by atoms with E-state index in [0.717, 1.165) is 6.07 Å². The zero-order valence-corrected chi connectivity index (χ0v) is 19.2. The summed E-state index contributed by atoms with van der Waals surface area (Å²) in [5.41, 5.74) is 0.815. The van der Waals surface area contributed by atoms with Gasteiger partial charge in [-0.05, 0) is 36.2 Å². The van der Waals surface area contributed by atoms with E-state index in [4.69, 9.17) is 33.6 Å². The molecule has 9 nitrogen and oxygen atoms in total. The number of benzene rings is 2. The molecule has 1 aliphatic rings. The summed E-state index contributed by atoms with van der Waals surface area (Å²) in [6.07, 6.45) is 0.723. The van der Waals surface area contributed by atoms with Crippen LogP contribution >= 0.6 is 23.2 Å². The van der Waals surface area contributed by atoms with Gasteiger partial charge in [-0.15, -0.1) is 4.99 Å². The van der Waals surface area contributed by atoms with E-state index in [-0.39, 0.29) is 35.7 Å². The highest BCUT2D eigenvalue weighted by Gasteiger charge is 2.31. The number of hydrazone groups is 1. The highest BCUT2D eigenvalue weighted by atomic mass is 35.5. The predicted molar refractivity (Wildman–Crippen MR) is 124 cm³/mol. The number of carbonyl (C=O) groups is 1. The van der Waals surface area contributed by atoms with Gasteiger partial charge in [0, 0.05) is 12.5 Å². The Morgan fingerprint density at radius 1 is 1.34 bits per heavy atom. The molecule has 3 N–H and O–H groups in total. The van der Waals surface area contributed by atoms with Crippen molar-refractivity contribution < 1.29 is 27.8 Å². The number of rotatable bonds is 7. The molecule has 184 valence electrons. The molecule has 0 fully saturated rings. The van der Waals surface area contributed by atoms with Crippen molar-refractivity contribution in [3.63, 3.8) is 0 Å². The van der Waals surface area contributed by atoms with Crippen LogP contribution in [0.3, 0.4) is 0 Å². The summed E-state index contributed by atoms with van der Waals surface area (Å²) < 4.78 is 43.9. The second-order valence-electron chi connectivity index (χ2n) is 7.07. The minimum atomic E-state index is -3.23. The fourth-order valence-electron chi connectivity index (χ4n) is 3.32. The second-order valence-corrected chi connectivity index (χ2v) is 7.88. The molecule has 0 saturated carbocycles. The summed E-state index contributed by atoms with van der Waals surface area (Å²) in [7, 11) is 0. The number of alkyl halides is 2. The van der Waals surface area contributed by atoms with Crippen LogP contribution in [0.2, 0.25) is 10.0 Å². The molecule has 1 amide bonds. The number of nitrogens with zero attached hydrogens (tertiary/aromatic N) is 4. The molecule has 14 heteroatoms. The van der Waals surface area contributed by atoms with Crippen molar-refractivity contribution in [2.75, 3.05) is 18.4 Å². The number of ether oxygens (including phenoxy) is 1. The minimum absolute atomic E-state index is 0.105. The number of guanidine groups is 1. The molecule has 0 bridgehead atoms. The van der Waals surface area contributed by atoms with Crippen LogP contribution in [0.5, 0.6) is 5.75 Å². The van der Waals surface area contributed by atoms with E-state index in [2.05, 4.69) is 25.5 Å². The lowest BCUT2D eigenvalue weighted by atomic mass is 9.94. The quantitative estimate of drug-likeness (QED) is 0.264. The summed E-state index contributed by atoms with van der Waals surface area (Å²) in [5, 5.41) is 29.2. The fraction of sp³-hybridized carbons (Fsp3) is 0.238. The lowest BCUT2D eigenvalue weighted by molar-refractivity contribution is -0.0521. The Hall–Kier alpha value is -3.69. The Balaban J connectivity index is 1.92. The molecule has 0 saturated heterocycles. The lowest BCUT2D eigenvalue weighted by Gasteiger charge is -2.19. The maximum atomic E-state index is 14.7. The van der Waals surface area contributed by atoms with E-state index >= 15 is 0 Å². The van der Waals surface area contributed by atoms with E-state index in [1.807, 2.05) is 0 Å². The molecule has 0 radical (unpaired) electrons. The van der Waals surface area contributed by atoms with Gasteiger partial charge in [0.05, 0.1) is 28.0 Å². The predicted octanol–water partition coefficient (Wildman–Crippen LogP) is 4.98. The normalized spacial score (nSPS) is 15.6. The molecule has 1 atom stereocenters. The van der Waals surface area contributed by atoms with Crippen LogP contribution in [0, 0.1) is 23.2 Å². The molecule has 1 aliphatic heterocycles. The highest BCUT2D eigenvalue weighted by molar-refractivity contribution is 6.42. The van der Waals surface area contributed by atoms with E-state index in [1.165, 1.54) is 17.1 Å². The number of hydrogen-bond donors (Lipinski definition) is 3. The first-order chi connectivity index (χ1) is 16.7. The molecule has 3 rings (SSSR count). The van der Waals surface area contributed by atoms with Gasteiger partial charge in [-0.1, -0.05) is 35.3 Å². The van der Waals surface area contributed by atoms with Crippen LogP contribution in [-0.2, 0) is 0 Å². The molecule has 0 aromatic heterocycles. The highest BCUT2D eigenvalue weighted by Crippen LogP contribution is 2.30. The maximum absolute atomic E-state index is 14.7. The molecule has 1 unspecified atom stereocenters. The number of amides is 1. The van der Waals surface area contributed by atoms with Gasteiger partial charge in [0.15, 0.2) is 11.6 Å². The van der Waals surface area contributed by atoms with Crippen LogP contribution in [-0.4, -0.2) is 47.6 Å². The average molecular weight is 529 g/mol. The van der Waals surface area contributed by atoms with Gasteiger partial charge < -0.3 is 20.5 Å². The summed E-state index contributed by atoms with van der Waals surface area (Å²) in [6.45, 7) is -2.99. The molecular formula is C21H17Cl2F3N6O3. The fourth-order valence-corrected chi connectivity index (χ4v) is 3.62. The van der Waals surface area contributed by atoms with Gasteiger partial charge in [0.2, 0.25) is 12.2 Å². The Morgan fingerprint density at radius 2 is 2.11 bits per heavy atom. The third kappa shape index (κ3) is 6.68. The van der Waals surface area contributed by atoms with E-state index < -0.39 is 24.3 Å². The van der Waals surface area contributed by atoms with Gasteiger partial charge in [-0.2, -0.15) is 19.1 Å². The van der Waals surface area contributed by atoms with Crippen LogP contribution in [0.25, 0.3) is 0 Å². The van der Waals surface area contributed by atoms with Crippen molar-refractivity contribution >= 4 is 46.7 Å². The summed E-state index contributed by atoms with van der Waals surface area (Å²) in [5.74, 6) is -2.34. The van der Waals surface area contributed by atoms with Crippen molar-refractivity contribution in [2.24, 2.45) is 16.0 Å². The Labute approximate surface area is 207 Å². The number of halogens is 5. The average Bonchev–Trinajstić information content (AvgIpc) is 3.21. The summed E-state index contributed by atoms with van der Waals surface area (Å²) in [4.78, 5) is 14.5. The first-order valence-electron chi connectivity index (χ1n) is 9.95. The van der Waals surface area contributed by atoms with Gasteiger partial charge in [0.25, 0.3) is 0 Å². The van der Waals surface area contributed by atoms with Crippen molar-refractivity contribution in [1.82, 2.24) is 10.3 Å². The number of nitriles is 1. The monoisotopic (exact) mass is 528 g/mol. The molecule has 1 heterocycles. The third-order valence-electron chi connectivity index (χ3n) is 4.82. The Kier molecular flexibility index (Phi) is 8.62. The molecule has 0 spiro atoms. The second kappa shape index (κ2) is 11.6. The Bertz CT molecular complexity index is 1210. The van der Waals surface area contributed by atoms with Gasteiger partial charge in [-0.3, -0.25) is 0 Å². The molecular weight excluding hydrogens is 512 g/mol. The standard InChI is InChI=1S/C21H17Cl2F3N6O3/c22-13-5-4-11(8-14(13)23)18-12(6-7-28-21(33)34)9-32(31-18)20(29-10-27)30-15-2-1-3-16(17(15)24)35-19(25)26/h1-5,8,12,19,28H,6-7,9H2,(H,29,30)(H,33,34). The molecule has 0 aliphatic carbocycles. The number of aliphatic imine (C=N–C) groups is 1. The minimum Gasteiger partial charge on any atom is -0.465 e. The first-order valence-corrected chi connectivity index (χ1v) is 10.7. The van der Waals surface area contributed by atoms with Crippen molar-refractivity contribution in [1.29, 1.82) is 5.26 Å². The number of anilines is 1. The van der Waals surface area contributed by atoms with Crippen molar-refractivity contribution in [3.05, 3.63) is 57.8 Å². The van der Waals surface area contributed by atoms with Crippen molar-refractivity contribution in [3.8, 4) is 11.9 Å². The van der Waals surface area contributed by atoms with E-state index in [0.29, 0.717) is 22.7 Å². The maximum Gasteiger partial charge on any atom is 0.404 e. The summed E-state index contributed by atoms with van der Waals surface area (Å²) in [6, 6.07) is 8.38. The largest absolute Gasteiger partial charge is 0.465 e. The molecule has 2 aromatic carbocycles.